The average molecular weight is 261 g/mol. The molecule has 6 heteroatoms. The minimum Gasteiger partial charge on any atom is -0.505 e. The number of rotatable bonds is 0. The van der Waals surface area contributed by atoms with Gasteiger partial charge in [-0.25, -0.2) is 4.98 Å². The molecule has 2 aromatic heterocycles. The molecule has 4 nitrogen and oxygen atoms in total. The summed E-state index contributed by atoms with van der Waals surface area (Å²) in [5.41, 5.74) is 0.222. The van der Waals surface area contributed by atoms with E-state index < -0.39 is 0 Å². The lowest BCUT2D eigenvalue weighted by Crippen LogP contribution is -2.14. The van der Waals surface area contributed by atoms with Gasteiger partial charge in [-0.2, -0.15) is 0 Å². The van der Waals surface area contributed by atoms with Crippen LogP contribution in [0.5, 0.6) is 5.75 Å². The van der Waals surface area contributed by atoms with Gasteiger partial charge in [0.2, 0.25) is 0 Å². The summed E-state index contributed by atoms with van der Waals surface area (Å²) in [6, 6.07) is 1.16. The summed E-state index contributed by atoms with van der Waals surface area (Å²) >= 11 is 4.51. The lowest BCUT2D eigenvalue weighted by Gasteiger charge is -1.98. The highest BCUT2D eigenvalue weighted by molar-refractivity contribution is 9.11. The molecule has 2 heterocycles. The maximum Gasteiger partial charge on any atom is 0.255 e. The van der Waals surface area contributed by atoms with Crippen LogP contribution in [0.15, 0.2) is 14.8 Å². The largest absolute Gasteiger partial charge is 0.505 e. The number of aromatic nitrogens is 2. The summed E-state index contributed by atoms with van der Waals surface area (Å²) in [7, 11) is 1.65. The van der Waals surface area contributed by atoms with Crippen molar-refractivity contribution < 1.29 is 5.11 Å². The van der Waals surface area contributed by atoms with Gasteiger partial charge in [-0.1, -0.05) is 11.3 Å². The average Bonchev–Trinajstić information content (AvgIpc) is 2.44. The Morgan fingerprint density at radius 1 is 1.69 bits per heavy atom. The van der Waals surface area contributed by atoms with Gasteiger partial charge in [-0.3, -0.25) is 4.79 Å². The molecule has 0 aliphatic rings. The first kappa shape index (κ1) is 8.71. The molecule has 2 rings (SSSR count). The summed E-state index contributed by atoms with van der Waals surface area (Å²) in [6.45, 7) is 0. The van der Waals surface area contributed by atoms with E-state index in [2.05, 4.69) is 20.9 Å². The van der Waals surface area contributed by atoms with Crippen LogP contribution in [0, 0.1) is 0 Å². The van der Waals surface area contributed by atoms with E-state index in [0.29, 0.717) is 14.3 Å². The molecule has 0 saturated carbocycles. The molecule has 2 aromatic rings. The third-order valence-electron chi connectivity index (χ3n) is 1.72. The molecule has 0 saturated heterocycles. The lowest BCUT2D eigenvalue weighted by molar-refractivity contribution is 0.478. The molecular formula is C7H5BrN2O2S. The molecule has 0 amide bonds. The number of aryl methyl sites for hydroxylation is 1. The Balaban J connectivity index is 3.04. The highest BCUT2D eigenvalue weighted by Crippen LogP contribution is 2.29. The van der Waals surface area contributed by atoms with Gasteiger partial charge in [0, 0.05) is 13.1 Å². The van der Waals surface area contributed by atoms with Crippen LogP contribution < -0.4 is 5.56 Å². The van der Waals surface area contributed by atoms with E-state index >= 15 is 0 Å². The van der Waals surface area contributed by atoms with Crippen molar-refractivity contribution in [1.29, 1.82) is 0 Å². The number of thiazole rings is 1. The molecule has 0 aliphatic carbocycles. The van der Waals surface area contributed by atoms with Crippen LogP contribution in [-0.2, 0) is 7.05 Å². The normalized spacial score (nSPS) is 10.9. The molecule has 13 heavy (non-hydrogen) atoms. The zero-order valence-electron chi connectivity index (χ0n) is 6.61. The quantitative estimate of drug-likeness (QED) is 0.781. The summed E-state index contributed by atoms with van der Waals surface area (Å²) in [5, 5.41) is 9.40. The van der Waals surface area contributed by atoms with Gasteiger partial charge in [0.15, 0.2) is 3.92 Å². The molecule has 0 radical (unpaired) electrons. The molecule has 1 N–H and O–H groups in total. The fourth-order valence-corrected chi connectivity index (χ4v) is 2.47. The Morgan fingerprint density at radius 3 is 3.08 bits per heavy atom. The number of nitrogens with zero attached hydrogens (tertiary/aromatic N) is 2. The molecule has 0 bridgehead atoms. The third kappa shape index (κ3) is 1.26. The highest BCUT2D eigenvalue weighted by Gasteiger charge is 2.10. The second-order valence-electron chi connectivity index (χ2n) is 2.55. The summed E-state index contributed by atoms with van der Waals surface area (Å²) in [6.07, 6.45) is 0. The van der Waals surface area contributed by atoms with Gasteiger partial charge in [-0.15, -0.1) is 0 Å². The second-order valence-corrected chi connectivity index (χ2v) is 4.80. The zero-order valence-corrected chi connectivity index (χ0v) is 9.02. The molecule has 0 atom stereocenters. The van der Waals surface area contributed by atoms with Crippen LogP contribution in [0.1, 0.15) is 0 Å². The van der Waals surface area contributed by atoms with Crippen molar-refractivity contribution in [2.45, 2.75) is 0 Å². The maximum absolute atomic E-state index is 11.2. The third-order valence-corrected chi connectivity index (χ3v) is 3.30. The van der Waals surface area contributed by atoms with Crippen LogP contribution in [-0.4, -0.2) is 14.7 Å². The highest BCUT2D eigenvalue weighted by atomic mass is 79.9. The molecule has 0 aliphatic heterocycles. The molecule has 0 fully saturated rings. The predicted molar refractivity (Wildman–Crippen MR) is 54.2 cm³/mol. The first-order valence-corrected chi connectivity index (χ1v) is 5.05. The number of aromatic hydroxyl groups is 1. The second kappa shape index (κ2) is 2.81. The topological polar surface area (TPSA) is 55.1 Å². The van der Waals surface area contributed by atoms with Crippen molar-refractivity contribution in [3.8, 4) is 5.75 Å². The van der Waals surface area contributed by atoms with Gasteiger partial charge < -0.3 is 9.67 Å². The van der Waals surface area contributed by atoms with E-state index in [9.17, 15) is 9.90 Å². The predicted octanol–water partition coefficient (Wildman–Crippen LogP) is 1.46. The number of pyridine rings is 1. The van der Waals surface area contributed by atoms with Crippen LogP contribution in [0.4, 0.5) is 0 Å². The Bertz CT molecular complexity index is 531. The fraction of sp³-hybridized carbons (Fsp3) is 0.143. The number of fused-ring (bicyclic) bond motifs is 1. The Hall–Kier alpha value is -0.880. The molecule has 0 spiro atoms. The molecule has 68 valence electrons. The number of hydrogen-bond acceptors (Lipinski definition) is 4. The molecule has 0 unspecified atom stereocenters. The minimum absolute atomic E-state index is 0.0694. The van der Waals surface area contributed by atoms with E-state index in [0.717, 1.165) is 6.07 Å². The van der Waals surface area contributed by atoms with Gasteiger partial charge in [0.05, 0.1) is 0 Å². The summed E-state index contributed by atoms with van der Waals surface area (Å²) in [4.78, 5) is 15.9. The van der Waals surface area contributed by atoms with E-state index in [4.69, 9.17) is 0 Å². The van der Waals surface area contributed by atoms with E-state index in [1.54, 1.807) is 7.05 Å². The van der Waals surface area contributed by atoms with Crippen molar-refractivity contribution in [1.82, 2.24) is 9.55 Å². The SMILES string of the molecule is Cn1c(=O)cc(O)c2nc(Br)sc21. The van der Waals surface area contributed by atoms with Crippen molar-refractivity contribution in [2.75, 3.05) is 0 Å². The smallest absolute Gasteiger partial charge is 0.255 e. The fourth-order valence-electron chi connectivity index (χ4n) is 1.06. The van der Waals surface area contributed by atoms with Crippen molar-refractivity contribution in [3.05, 3.63) is 20.3 Å². The van der Waals surface area contributed by atoms with Crippen LogP contribution in [0.2, 0.25) is 0 Å². The van der Waals surface area contributed by atoms with E-state index in [-0.39, 0.29) is 11.3 Å². The first-order chi connectivity index (χ1) is 6.09. The van der Waals surface area contributed by atoms with Crippen LogP contribution in [0.25, 0.3) is 10.3 Å². The summed E-state index contributed by atoms with van der Waals surface area (Å²) in [5.74, 6) is -0.0694. The first-order valence-electron chi connectivity index (χ1n) is 3.44. The zero-order chi connectivity index (χ0) is 9.59. The van der Waals surface area contributed by atoms with E-state index in [1.807, 2.05) is 0 Å². The monoisotopic (exact) mass is 260 g/mol. The summed E-state index contributed by atoms with van der Waals surface area (Å²) < 4.78 is 2.11. The maximum atomic E-state index is 11.2. The lowest BCUT2D eigenvalue weighted by atomic mass is 10.4. The minimum atomic E-state index is -0.235. The van der Waals surface area contributed by atoms with Gasteiger partial charge >= 0.3 is 0 Å². The Labute approximate surface area is 85.6 Å². The van der Waals surface area contributed by atoms with Crippen molar-refractivity contribution >= 4 is 37.6 Å². The van der Waals surface area contributed by atoms with Gasteiger partial charge in [0.25, 0.3) is 5.56 Å². The Kier molecular flexibility index (Phi) is 1.88. The van der Waals surface area contributed by atoms with Crippen LogP contribution in [0.3, 0.4) is 0 Å². The van der Waals surface area contributed by atoms with E-state index in [1.165, 1.54) is 15.9 Å². The number of hydrogen-bond donors (Lipinski definition) is 1. The Morgan fingerprint density at radius 2 is 2.38 bits per heavy atom. The molecule has 0 aromatic carbocycles. The van der Waals surface area contributed by atoms with Gasteiger partial charge in [0.1, 0.15) is 16.1 Å². The standard InChI is InChI=1S/C7H5BrN2O2S/c1-10-4(12)2-3(11)5-6(10)13-7(8)9-5/h2,11H,1H3. The number of halogens is 1. The molecular weight excluding hydrogens is 256 g/mol. The van der Waals surface area contributed by atoms with Gasteiger partial charge in [-0.05, 0) is 15.9 Å². The van der Waals surface area contributed by atoms with Crippen molar-refractivity contribution in [3.63, 3.8) is 0 Å². The van der Waals surface area contributed by atoms with Crippen LogP contribution >= 0.6 is 27.3 Å². The van der Waals surface area contributed by atoms with Crippen molar-refractivity contribution in [2.24, 2.45) is 7.05 Å².